The fraction of sp³-hybridized carbons (Fsp3) is 0.450. The summed E-state index contributed by atoms with van der Waals surface area (Å²) in [5.41, 5.74) is 0.129. The maximum atomic E-state index is 13.3. The molecule has 0 spiro atoms. The summed E-state index contributed by atoms with van der Waals surface area (Å²) in [6.45, 7) is 2.92. The fourth-order valence-corrected chi connectivity index (χ4v) is 3.26. The number of nitrogens with one attached hydrogen (secondary N) is 2. The molecule has 6 nitrogen and oxygen atoms in total. The summed E-state index contributed by atoms with van der Waals surface area (Å²) >= 11 is 0. The van der Waals surface area contributed by atoms with Gasteiger partial charge in [-0.2, -0.15) is 4.98 Å². The van der Waals surface area contributed by atoms with Crippen molar-refractivity contribution < 1.29 is 13.6 Å². The van der Waals surface area contributed by atoms with E-state index in [1.54, 1.807) is 6.20 Å². The minimum atomic E-state index is -1.02. The van der Waals surface area contributed by atoms with Gasteiger partial charge in [0.25, 0.3) is 5.91 Å². The Morgan fingerprint density at radius 2 is 1.83 bits per heavy atom. The van der Waals surface area contributed by atoms with Gasteiger partial charge in [-0.25, -0.2) is 13.8 Å². The lowest BCUT2D eigenvalue weighted by atomic mass is 9.91. The van der Waals surface area contributed by atoms with Crippen LogP contribution in [-0.2, 0) is 0 Å². The molecule has 29 heavy (non-hydrogen) atoms. The molecule has 0 atom stereocenters. The van der Waals surface area contributed by atoms with Crippen LogP contribution in [0.1, 0.15) is 43.0 Å². The van der Waals surface area contributed by atoms with Crippen molar-refractivity contribution in [3.63, 3.8) is 0 Å². The zero-order valence-corrected chi connectivity index (χ0v) is 17.3. The summed E-state index contributed by atoms with van der Waals surface area (Å²) < 4.78 is 26.3. The van der Waals surface area contributed by atoms with Gasteiger partial charge in [0, 0.05) is 37.4 Å². The molecule has 3 rings (SSSR count). The highest BCUT2D eigenvalue weighted by molar-refractivity contribution is 5.94. The highest BCUT2D eigenvalue weighted by Gasteiger charge is 2.23. The molecule has 1 aliphatic carbocycles. The molecule has 1 fully saturated rings. The number of benzene rings is 1. The Morgan fingerprint density at radius 1 is 1.14 bits per heavy atom. The summed E-state index contributed by atoms with van der Waals surface area (Å²) in [7, 11) is 1.98. The van der Waals surface area contributed by atoms with Crippen LogP contribution >= 0.6 is 12.4 Å². The number of rotatable bonds is 6. The van der Waals surface area contributed by atoms with E-state index in [4.69, 9.17) is 0 Å². The Balaban J connectivity index is 0.00000300. The zero-order chi connectivity index (χ0) is 20.1. The summed E-state index contributed by atoms with van der Waals surface area (Å²) in [4.78, 5) is 23.1. The molecular formula is C20H26ClF2N5O. The average Bonchev–Trinajstić information content (AvgIpc) is 2.71. The zero-order valence-electron chi connectivity index (χ0n) is 16.5. The second kappa shape index (κ2) is 10.3. The molecule has 1 heterocycles. The first kappa shape index (κ1) is 22.8. The first-order chi connectivity index (χ1) is 13.5. The van der Waals surface area contributed by atoms with Crippen LogP contribution < -0.4 is 15.5 Å². The lowest BCUT2D eigenvalue weighted by Gasteiger charge is -2.30. The van der Waals surface area contributed by atoms with E-state index in [2.05, 4.69) is 27.5 Å². The van der Waals surface area contributed by atoms with E-state index < -0.39 is 11.6 Å². The maximum Gasteiger partial charge on any atom is 0.251 e. The van der Waals surface area contributed by atoms with Gasteiger partial charge in [-0.3, -0.25) is 4.79 Å². The maximum absolute atomic E-state index is 13.3. The van der Waals surface area contributed by atoms with E-state index in [1.807, 2.05) is 18.0 Å². The van der Waals surface area contributed by atoms with Crippen molar-refractivity contribution in [1.82, 2.24) is 15.3 Å². The molecule has 0 bridgehead atoms. The molecule has 0 radical (unpaired) electrons. The number of halogens is 3. The third kappa shape index (κ3) is 6.00. The normalized spacial score (nSPS) is 18.5. The van der Waals surface area contributed by atoms with Gasteiger partial charge in [-0.05, 0) is 56.9 Å². The van der Waals surface area contributed by atoms with Crippen molar-refractivity contribution in [3.05, 3.63) is 47.7 Å². The topological polar surface area (TPSA) is 70.2 Å². The molecule has 1 aromatic carbocycles. The molecule has 158 valence electrons. The molecular weight excluding hydrogens is 400 g/mol. The second-order valence-corrected chi connectivity index (χ2v) is 7.05. The number of aromatic nitrogens is 2. The Hall–Kier alpha value is -2.48. The summed E-state index contributed by atoms with van der Waals surface area (Å²) in [6, 6.07) is 5.30. The van der Waals surface area contributed by atoms with Gasteiger partial charge in [0.1, 0.15) is 5.82 Å². The van der Waals surface area contributed by atoms with Gasteiger partial charge < -0.3 is 15.5 Å². The molecule has 1 saturated carbocycles. The van der Waals surface area contributed by atoms with Crippen LogP contribution in [0, 0.1) is 11.6 Å². The molecule has 2 aromatic rings. The lowest BCUT2D eigenvalue weighted by molar-refractivity contribution is 0.0926. The number of carbonyl (C=O) groups is 1. The smallest absolute Gasteiger partial charge is 0.251 e. The van der Waals surface area contributed by atoms with E-state index >= 15 is 0 Å². The van der Waals surface area contributed by atoms with Gasteiger partial charge >= 0.3 is 0 Å². The highest BCUT2D eigenvalue weighted by Crippen LogP contribution is 2.22. The van der Waals surface area contributed by atoms with Crippen LogP contribution in [0.15, 0.2) is 30.5 Å². The monoisotopic (exact) mass is 425 g/mol. The SMILES string of the molecule is CCN(C)c1ccnc(NC2CCC(NC(=O)c3ccc(F)c(F)c3)CC2)n1.Cl. The van der Waals surface area contributed by atoms with E-state index in [0.717, 1.165) is 50.2 Å². The molecule has 0 saturated heterocycles. The first-order valence-electron chi connectivity index (χ1n) is 9.53. The summed E-state index contributed by atoms with van der Waals surface area (Å²) in [5, 5.41) is 6.27. The van der Waals surface area contributed by atoms with Gasteiger partial charge in [0.2, 0.25) is 5.95 Å². The number of amides is 1. The van der Waals surface area contributed by atoms with Gasteiger partial charge in [-0.15, -0.1) is 12.4 Å². The molecule has 1 aliphatic rings. The first-order valence-corrected chi connectivity index (χ1v) is 9.53. The van der Waals surface area contributed by atoms with E-state index in [1.165, 1.54) is 6.07 Å². The molecule has 1 aromatic heterocycles. The van der Waals surface area contributed by atoms with E-state index in [-0.39, 0.29) is 36.0 Å². The van der Waals surface area contributed by atoms with Gasteiger partial charge in [-0.1, -0.05) is 0 Å². The van der Waals surface area contributed by atoms with Crippen molar-refractivity contribution in [2.24, 2.45) is 0 Å². The van der Waals surface area contributed by atoms with Crippen molar-refractivity contribution in [2.45, 2.75) is 44.7 Å². The van der Waals surface area contributed by atoms with Crippen LogP contribution in [0.5, 0.6) is 0 Å². The Morgan fingerprint density at radius 3 is 2.48 bits per heavy atom. The Kier molecular flexibility index (Phi) is 8.13. The standard InChI is InChI=1S/C20H25F2N5O.ClH/c1-3-27(2)18-10-11-23-20(26-18)25-15-7-5-14(6-8-15)24-19(28)13-4-9-16(21)17(22)12-13;/h4,9-12,14-15H,3,5-8H2,1-2H3,(H,24,28)(H,23,25,26);1H. The van der Waals surface area contributed by atoms with Crippen molar-refractivity contribution in [3.8, 4) is 0 Å². The van der Waals surface area contributed by atoms with Gasteiger partial charge in [0.05, 0.1) is 0 Å². The third-order valence-electron chi connectivity index (χ3n) is 5.08. The summed E-state index contributed by atoms with van der Waals surface area (Å²) in [5.74, 6) is -0.885. The summed E-state index contributed by atoms with van der Waals surface area (Å²) in [6.07, 6.45) is 5.05. The molecule has 1 amide bonds. The Bertz CT molecular complexity index is 830. The Labute approximate surface area is 175 Å². The predicted octanol–water partition coefficient (Wildman–Crippen LogP) is 3.79. The minimum absolute atomic E-state index is 0. The van der Waals surface area contributed by atoms with Crippen LogP contribution in [0.2, 0.25) is 0 Å². The largest absolute Gasteiger partial charge is 0.360 e. The van der Waals surface area contributed by atoms with Crippen molar-refractivity contribution >= 4 is 30.1 Å². The van der Waals surface area contributed by atoms with Gasteiger partial charge in [0.15, 0.2) is 11.6 Å². The van der Waals surface area contributed by atoms with Crippen LogP contribution in [-0.4, -0.2) is 41.6 Å². The van der Waals surface area contributed by atoms with Crippen LogP contribution in [0.3, 0.4) is 0 Å². The lowest BCUT2D eigenvalue weighted by Crippen LogP contribution is -2.40. The molecule has 0 aliphatic heterocycles. The third-order valence-corrected chi connectivity index (χ3v) is 5.08. The number of anilines is 2. The van der Waals surface area contributed by atoms with E-state index in [0.29, 0.717) is 5.95 Å². The number of hydrogen-bond donors (Lipinski definition) is 2. The minimum Gasteiger partial charge on any atom is -0.360 e. The predicted molar refractivity (Wildman–Crippen MR) is 112 cm³/mol. The second-order valence-electron chi connectivity index (χ2n) is 7.05. The quantitative estimate of drug-likeness (QED) is 0.737. The number of carbonyl (C=O) groups excluding carboxylic acids is 1. The molecule has 2 N–H and O–H groups in total. The average molecular weight is 426 g/mol. The number of hydrogen-bond acceptors (Lipinski definition) is 5. The molecule has 0 unspecified atom stereocenters. The number of nitrogens with zero attached hydrogens (tertiary/aromatic N) is 3. The van der Waals surface area contributed by atoms with Crippen molar-refractivity contribution in [2.75, 3.05) is 23.8 Å². The van der Waals surface area contributed by atoms with Crippen LogP contribution in [0.4, 0.5) is 20.5 Å². The highest BCUT2D eigenvalue weighted by atomic mass is 35.5. The fourth-order valence-electron chi connectivity index (χ4n) is 3.26. The van der Waals surface area contributed by atoms with Crippen molar-refractivity contribution in [1.29, 1.82) is 0 Å². The van der Waals surface area contributed by atoms with E-state index in [9.17, 15) is 13.6 Å². The molecule has 9 heteroatoms. The van der Waals surface area contributed by atoms with Crippen LogP contribution in [0.25, 0.3) is 0 Å².